The minimum atomic E-state index is -0.707. The van der Waals surface area contributed by atoms with Gasteiger partial charge >= 0.3 is 5.69 Å². The van der Waals surface area contributed by atoms with Gasteiger partial charge in [0.25, 0.3) is 5.91 Å². The predicted octanol–water partition coefficient (Wildman–Crippen LogP) is 1.94. The lowest BCUT2D eigenvalue weighted by Crippen LogP contribution is -2.50. The number of carbonyl (C=O) groups is 1. The number of rotatable bonds is 3. The summed E-state index contributed by atoms with van der Waals surface area (Å²) in [4.78, 5) is 26.2. The third-order valence-corrected chi connectivity index (χ3v) is 3.87. The van der Waals surface area contributed by atoms with Crippen LogP contribution in [0.5, 0.6) is 0 Å². The van der Waals surface area contributed by atoms with Gasteiger partial charge in [0.1, 0.15) is 5.56 Å². The molecule has 1 N–H and O–H groups in total. The molecule has 0 aliphatic carbocycles. The second-order valence-electron chi connectivity index (χ2n) is 4.89. The summed E-state index contributed by atoms with van der Waals surface area (Å²) in [5, 5.41) is 13.5. The summed E-state index contributed by atoms with van der Waals surface area (Å²) in [5.41, 5.74) is -1.14. The van der Waals surface area contributed by atoms with Gasteiger partial charge in [-0.05, 0) is 26.3 Å². The standard InChI is InChI=1S/C12H14ClN3O4/c1-7-12(2,4-6-20-7)15-11(17)8-3-5-14-10(13)9(8)16(18)19/h3,5,7H,4,6H2,1-2H3,(H,15,17). The zero-order valence-electron chi connectivity index (χ0n) is 11.1. The first kappa shape index (κ1) is 14.7. The molecular formula is C12H14ClN3O4. The Morgan fingerprint density at radius 1 is 1.70 bits per heavy atom. The third kappa shape index (κ3) is 2.59. The van der Waals surface area contributed by atoms with Gasteiger partial charge in [-0.3, -0.25) is 14.9 Å². The Morgan fingerprint density at radius 3 is 2.95 bits per heavy atom. The van der Waals surface area contributed by atoms with E-state index in [1.807, 2.05) is 13.8 Å². The summed E-state index contributed by atoms with van der Waals surface area (Å²) >= 11 is 5.69. The average molecular weight is 300 g/mol. The van der Waals surface area contributed by atoms with Crippen LogP contribution >= 0.6 is 11.6 Å². The molecule has 0 aromatic carbocycles. The van der Waals surface area contributed by atoms with Crippen LogP contribution in [0.1, 0.15) is 30.6 Å². The van der Waals surface area contributed by atoms with E-state index < -0.39 is 22.1 Å². The number of hydrogen-bond donors (Lipinski definition) is 1. The molecule has 8 heteroatoms. The highest BCUT2D eigenvalue weighted by atomic mass is 35.5. The van der Waals surface area contributed by atoms with Crippen LogP contribution in [0.15, 0.2) is 12.3 Å². The van der Waals surface area contributed by atoms with Gasteiger partial charge in [0.05, 0.1) is 16.6 Å². The van der Waals surface area contributed by atoms with E-state index in [9.17, 15) is 14.9 Å². The molecule has 2 atom stereocenters. The molecule has 1 saturated heterocycles. The Kier molecular flexibility index (Phi) is 3.92. The molecule has 1 aliphatic heterocycles. The fraction of sp³-hybridized carbons (Fsp3) is 0.500. The monoisotopic (exact) mass is 299 g/mol. The SMILES string of the molecule is CC1OCCC1(C)NC(=O)c1ccnc(Cl)c1[N+](=O)[O-]. The number of aromatic nitrogens is 1. The lowest BCUT2D eigenvalue weighted by molar-refractivity contribution is -0.385. The van der Waals surface area contributed by atoms with E-state index in [1.165, 1.54) is 12.3 Å². The zero-order valence-corrected chi connectivity index (χ0v) is 11.8. The van der Waals surface area contributed by atoms with Crippen LogP contribution in [0.25, 0.3) is 0 Å². The van der Waals surface area contributed by atoms with Crippen molar-refractivity contribution in [3.05, 3.63) is 33.1 Å². The van der Waals surface area contributed by atoms with Crippen LogP contribution in [-0.2, 0) is 4.74 Å². The molecule has 2 unspecified atom stereocenters. The number of ether oxygens (including phenoxy) is 1. The summed E-state index contributed by atoms with van der Waals surface area (Å²) in [6.45, 7) is 4.23. The van der Waals surface area contributed by atoms with Crippen molar-refractivity contribution < 1.29 is 14.5 Å². The van der Waals surface area contributed by atoms with Gasteiger partial charge in [-0.2, -0.15) is 0 Å². The number of nitro groups is 1. The van der Waals surface area contributed by atoms with Crippen molar-refractivity contribution in [1.29, 1.82) is 0 Å². The van der Waals surface area contributed by atoms with Gasteiger partial charge < -0.3 is 10.1 Å². The Labute approximate surface area is 120 Å². The highest BCUT2D eigenvalue weighted by Crippen LogP contribution is 2.29. The van der Waals surface area contributed by atoms with Crippen molar-refractivity contribution in [3.8, 4) is 0 Å². The first-order chi connectivity index (χ1) is 9.35. The molecule has 2 heterocycles. The molecule has 1 fully saturated rings. The van der Waals surface area contributed by atoms with E-state index in [0.717, 1.165) is 0 Å². The molecule has 0 radical (unpaired) electrons. The summed E-state index contributed by atoms with van der Waals surface area (Å²) in [6, 6.07) is 1.28. The zero-order chi connectivity index (χ0) is 14.9. The Balaban J connectivity index is 2.31. The second-order valence-corrected chi connectivity index (χ2v) is 5.25. The predicted molar refractivity (Wildman–Crippen MR) is 71.8 cm³/mol. The van der Waals surface area contributed by atoms with Crippen molar-refractivity contribution >= 4 is 23.2 Å². The fourth-order valence-corrected chi connectivity index (χ4v) is 2.34. The fourth-order valence-electron chi connectivity index (χ4n) is 2.11. The van der Waals surface area contributed by atoms with Crippen LogP contribution < -0.4 is 5.32 Å². The lowest BCUT2D eigenvalue weighted by atomic mass is 9.94. The Bertz CT molecular complexity index is 566. The topological polar surface area (TPSA) is 94.4 Å². The van der Waals surface area contributed by atoms with E-state index in [0.29, 0.717) is 13.0 Å². The van der Waals surface area contributed by atoms with Crippen molar-refractivity contribution in [2.45, 2.75) is 31.9 Å². The average Bonchev–Trinajstić information content (AvgIpc) is 2.68. The van der Waals surface area contributed by atoms with E-state index in [1.54, 1.807) is 0 Å². The van der Waals surface area contributed by atoms with Gasteiger partial charge in [0, 0.05) is 12.8 Å². The number of pyridine rings is 1. The third-order valence-electron chi connectivity index (χ3n) is 3.59. The summed E-state index contributed by atoms with van der Waals surface area (Å²) in [5.74, 6) is -0.555. The first-order valence-electron chi connectivity index (χ1n) is 6.08. The summed E-state index contributed by atoms with van der Waals surface area (Å²) < 4.78 is 5.42. The smallest absolute Gasteiger partial charge is 0.319 e. The van der Waals surface area contributed by atoms with Crippen LogP contribution in [0.3, 0.4) is 0 Å². The van der Waals surface area contributed by atoms with Crippen molar-refractivity contribution in [1.82, 2.24) is 10.3 Å². The number of nitrogens with zero attached hydrogens (tertiary/aromatic N) is 2. The van der Waals surface area contributed by atoms with E-state index >= 15 is 0 Å². The van der Waals surface area contributed by atoms with Crippen LogP contribution in [-0.4, -0.2) is 34.1 Å². The highest BCUT2D eigenvalue weighted by molar-refractivity contribution is 6.32. The minimum Gasteiger partial charge on any atom is -0.376 e. The van der Waals surface area contributed by atoms with Crippen molar-refractivity contribution in [3.63, 3.8) is 0 Å². The van der Waals surface area contributed by atoms with Crippen LogP contribution in [0.2, 0.25) is 5.15 Å². The molecule has 0 bridgehead atoms. The number of hydrogen-bond acceptors (Lipinski definition) is 5. The molecular weight excluding hydrogens is 286 g/mol. The molecule has 2 rings (SSSR count). The number of amides is 1. The number of halogens is 1. The van der Waals surface area contributed by atoms with Gasteiger partial charge in [-0.15, -0.1) is 0 Å². The first-order valence-corrected chi connectivity index (χ1v) is 6.46. The maximum atomic E-state index is 12.3. The lowest BCUT2D eigenvalue weighted by Gasteiger charge is -2.28. The Morgan fingerprint density at radius 2 is 2.40 bits per heavy atom. The molecule has 108 valence electrons. The van der Waals surface area contributed by atoms with E-state index in [4.69, 9.17) is 16.3 Å². The van der Waals surface area contributed by atoms with Gasteiger partial charge in [-0.1, -0.05) is 11.6 Å². The maximum Gasteiger partial charge on any atom is 0.319 e. The van der Waals surface area contributed by atoms with Crippen LogP contribution in [0, 0.1) is 10.1 Å². The minimum absolute atomic E-state index is 0.102. The number of carbonyl (C=O) groups excluding carboxylic acids is 1. The quantitative estimate of drug-likeness (QED) is 0.523. The molecule has 7 nitrogen and oxygen atoms in total. The van der Waals surface area contributed by atoms with Gasteiger partial charge in [0.15, 0.2) is 0 Å². The van der Waals surface area contributed by atoms with Gasteiger partial charge in [-0.25, -0.2) is 4.98 Å². The maximum absolute atomic E-state index is 12.3. The molecule has 1 aliphatic rings. The Hall–Kier alpha value is -1.73. The molecule has 20 heavy (non-hydrogen) atoms. The van der Waals surface area contributed by atoms with Crippen molar-refractivity contribution in [2.75, 3.05) is 6.61 Å². The summed E-state index contributed by atoms with van der Waals surface area (Å²) in [6.07, 6.45) is 1.75. The van der Waals surface area contributed by atoms with Crippen LogP contribution in [0.4, 0.5) is 5.69 Å². The highest BCUT2D eigenvalue weighted by Gasteiger charge is 2.39. The van der Waals surface area contributed by atoms with Crippen molar-refractivity contribution in [2.24, 2.45) is 0 Å². The molecule has 1 amide bonds. The molecule has 0 saturated carbocycles. The van der Waals surface area contributed by atoms with E-state index in [2.05, 4.69) is 10.3 Å². The largest absolute Gasteiger partial charge is 0.376 e. The number of nitrogens with one attached hydrogen (secondary N) is 1. The molecule has 0 spiro atoms. The summed E-state index contributed by atoms with van der Waals surface area (Å²) in [7, 11) is 0. The molecule has 1 aromatic heterocycles. The molecule has 1 aromatic rings. The van der Waals surface area contributed by atoms with E-state index in [-0.39, 0.29) is 16.8 Å². The van der Waals surface area contributed by atoms with Gasteiger partial charge in [0.2, 0.25) is 5.15 Å². The second kappa shape index (κ2) is 5.34. The normalized spacial score (nSPS) is 25.4.